The number of imidazole rings is 1. The van der Waals surface area contributed by atoms with Gasteiger partial charge in [0.05, 0.1) is 12.1 Å². The number of benzene rings is 1. The van der Waals surface area contributed by atoms with E-state index >= 15 is 0 Å². The zero-order chi connectivity index (χ0) is 15.1. The van der Waals surface area contributed by atoms with Gasteiger partial charge in [0.25, 0.3) is 0 Å². The van der Waals surface area contributed by atoms with Crippen LogP contribution in [0.15, 0.2) is 18.2 Å². The predicted octanol–water partition coefficient (Wildman–Crippen LogP) is 3.86. The number of methoxy groups -OCH3 is 1. The highest BCUT2D eigenvalue weighted by atomic mass is 35.5. The first-order valence-corrected chi connectivity index (χ1v) is 6.82. The smallest absolute Gasteiger partial charge is 0.137 e. The van der Waals surface area contributed by atoms with Gasteiger partial charge in [-0.15, -0.1) is 0 Å². The van der Waals surface area contributed by atoms with Gasteiger partial charge in [0.2, 0.25) is 0 Å². The van der Waals surface area contributed by atoms with Gasteiger partial charge in [0.1, 0.15) is 23.1 Å². The molecule has 108 valence electrons. The fourth-order valence-electron chi connectivity index (χ4n) is 2.42. The van der Waals surface area contributed by atoms with E-state index in [1.165, 1.54) is 0 Å². The number of ether oxygens (including phenoxy) is 1. The third-order valence-corrected chi connectivity index (χ3v) is 3.47. The molecule has 0 radical (unpaired) electrons. The maximum Gasteiger partial charge on any atom is 0.137 e. The first-order chi connectivity index (χ1) is 9.25. The summed E-state index contributed by atoms with van der Waals surface area (Å²) in [6, 6.07) is 5.56. The summed E-state index contributed by atoms with van der Waals surface area (Å²) < 4.78 is 7.19. The fourth-order valence-corrected chi connectivity index (χ4v) is 2.68. The predicted molar refractivity (Wildman–Crippen MR) is 83.4 cm³/mol. The molecule has 0 amide bonds. The van der Waals surface area contributed by atoms with Crippen molar-refractivity contribution in [3.63, 3.8) is 0 Å². The van der Waals surface area contributed by atoms with Gasteiger partial charge in [0, 0.05) is 11.1 Å². The largest absolute Gasteiger partial charge is 0.495 e. The number of aromatic nitrogens is 2. The molecule has 0 saturated carbocycles. The number of aryl methyl sites for hydroxylation is 1. The molecule has 0 fully saturated rings. The molecule has 0 saturated heterocycles. The van der Waals surface area contributed by atoms with Crippen molar-refractivity contribution in [1.82, 2.24) is 9.55 Å². The molecule has 0 unspecified atom stereocenters. The van der Waals surface area contributed by atoms with Crippen LogP contribution in [-0.2, 0) is 5.54 Å². The van der Waals surface area contributed by atoms with Gasteiger partial charge in [-0.25, -0.2) is 4.98 Å². The minimum atomic E-state index is -0.115. The zero-order valence-electron chi connectivity index (χ0n) is 12.5. The number of rotatable bonds is 2. The van der Waals surface area contributed by atoms with Gasteiger partial charge < -0.3 is 15.0 Å². The Hall–Kier alpha value is -1.68. The molecule has 0 bridgehead atoms. The topological polar surface area (TPSA) is 53.1 Å². The van der Waals surface area contributed by atoms with Crippen molar-refractivity contribution in [2.75, 3.05) is 12.8 Å². The average molecular weight is 294 g/mol. The monoisotopic (exact) mass is 293 g/mol. The Bertz CT molecular complexity index is 641. The summed E-state index contributed by atoms with van der Waals surface area (Å²) in [5.74, 6) is 2.18. The van der Waals surface area contributed by atoms with Gasteiger partial charge in [-0.1, -0.05) is 11.6 Å². The van der Waals surface area contributed by atoms with Crippen LogP contribution in [0.3, 0.4) is 0 Å². The first-order valence-electron chi connectivity index (χ1n) is 6.45. The molecule has 1 aromatic heterocycles. The van der Waals surface area contributed by atoms with Crippen LogP contribution in [0.1, 0.15) is 26.6 Å². The highest BCUT2D eigenvalue weighted by Gasteiger charge is 2.22. The Kier molecular flexibility index (Phi) is 3.69. The second-order valence-corrected chi connectivity index (χ2v) is 6.16. The van der Waals surface area contributed by atoms with E-state index < -0.39 is 0 Å². The number of hydrogen-bond donors (Lipinski definition) is 1. The second-order valence-electron chi connectivity index (χ2n) is 5.75. The van der Waals surface area contributed by atoms with Crippen molar-refractivity contribution in [2.45, 2.75) is 33.2 Å². The number of anilines is 1. The van der Waals surface area contributed by atoms with Crippen molar-refractivity contribution in [3.05, 3.63) is 29.0 Å². The Morgan fingerprint density at radius 3 is 2.40 bits per heavy atom. The molecule has 0 aliphatic rings. The van der Waals surface area contributed by atoms with Crippen molar-refractivity contribution < 1.29 is 4.74 Å². The van der Waals surface area contributed by atoms with Gasteiger partial charge in [0.15, 0.2) is 0 Å². The second kappa shape index (κ2) is 5.02. The Morgan fingerprint density at radius 2 is 1.95 bits per heavy atom. The van der Waals surface area contributed by atoms with Gasteiger partial charge >= 0.3 is 0 Å². The summed E-state index contributed by atoms with van der Waals surface area (Å²) in [4.78, 5) is 4.58. The lowest BCUT2D eigenvalue weighted by molar-refractivity contribution is 0.393. The summed E-state index contributed by atoms with van der Waals surface area (Å²) in [5, 5.41) is 0.548. The molecular weight excluding hydrogens is 274 g/mol. The molecule has 0 aliphatic heterocycles. The molecule has 5 heteroatoms. The van der Waals surface area contributed by atoms with E-state index in [0.717, 1.165) is 17.1 Å². The molecule has 1 heterocycles. The summed E-state index contributed by atoms with van der Waals surface area (Å²) in [5.41, 5.74) is 7.79. The quantitative estimate of drug-likeness (QED) is 0.915. The van der Waals surface area contributed by atoms with Gasteiger partial charge in [-0.2, -0.15) is 0 Å². The highest BCUT2D eigenvalue weighted by Crippen LogP contribution is 2.34. The lowest BCUT2D eigenvalue weighted by atomic mass is 10.1. The standard InChI is InChI=1S/C15H20ClN3O/c1-9-18-13(14(17)19(9)15(2,3)4)10-6-7-12(20-5)11(16)8-10/h6-8H,17H2,1-5H3. The van der Waals surface area contributed by atoms with Crippen LogP contribution in [0, 0.1) is 6.92 Å². The average Bonchev–Trinajstić information content (AvgIpc) is 2.64. The lowest BCUT2D eigenvalue weighted by Gasteiger charge is -2.24. The van der Waals surface area contributed by atoms with Crippen molar-refractivity contribution in [2.24, 2.45) is 0 Å². The van der Waals surface area contributed by atoms with Crippen LogP contribution in [0.5, 0.6) is 5.75 Å². The molecule has 2 aromatic rings. The molecule has 2 N–H and O–H groups in total. The van der Waals surface area contributed by atoms with Crippen LogP contribution < -0.4 is 10.5 Å². The van der Waals surface area contributed by atoms with Gasteiger partial charge in [-0.3, -0.25) is 0 Å². The number of hydrogen-bond acceptors (Lipinski definition) is 3. The normalized spacial score (nSPS) is 11.7. The number of nitrogens with zero attached hydrogens (tertiary/aromatic N) is 2. The molecule has 0 aliphatic carbocycles. The summed E-state index contributed by atoms with van der Waals surface area (Å²) >= 11 is 6.17. The Balaban J connectivity index is 2.57. The summed E-state index contributed by atoms with van der Waals surface area (Å²) in [6.45, 7) is 8.25. The Labute approximate surface area is 124 Å². The zero-order valence-corrected chi connectivity index (χ0v) is 13.2. The fraction of sp³-hybridized carbons (Fsp3) is 0.400. The van der Waals surface area contributed by atoms with E-state index in [0.29, 0.717) is 16.6 Å². The van der Waals surface area contributed by atoms with E-state index in [2.05, 4.69) is 25.8 Å². The molecule has 4 nitrogen and oxygen atoms in total. The van der Waals surface area contributed by atoms with E-state index in [9.17, 15) is 0 Å². The van der Waals surface area contributed by atoms with Crippen molar-refractivity contribution >= 4 is 17.4 Å². The number of nitrogens with two attached hydrogens (primary N) is 1. The van der Waals surface area contributed by atoms with Crippen LogP contribution >= 0.6 is 11.6 Å². The van der Waals surface area contributed by atoms with Crippen LogP contribution in [0.4, 0.5) is 5.82 Å². The first kappa shape index (κ1) is 14.7. The third-order valence-electron chi connectivity index (χ3n) is 3.18. The molecule has 1 aromatic carbocycles. The molecule has 20 heavy (non-hydrogen) atoms. The number of nitrogen functional groups attached to an aromatic ring is 1. The third kappa shape index (κ3) is 2.48. The van der Waals surface area contributed by atoms with E-state index in [1.807, 2.05) is 29.7 Å². The Morgan fingerprint density at radius 1 is 1.30 bits per heavy atom. The van der Waals surface area contributed by atoms with Crippen LogP contribution in [-0.4, -0.2) is 16.7 Å². The van der Waals surface area contributed by atoms with Crippen LogP contribution in [0.2, 0.25) is 5.02 Å². The summed E-state index contributed by atoms with van der Waals surface area (Å²) in [7, 11) is 1.59. The van der Waals surface area contributed by atoms with Gasteiger partial charge in [-0.05, 0) is 45.9 Å². The maximum atomic E-state index is 6.27. The molecule has 0 atom stereocenters. The molecule has 0 spiro atoms. The van der Waals surface area contributed by atoms with E-state index in [4.69, 9.17) is 22.1 Å². The lowest BCUT2D eigenvalue weighted by Crippen LogP contribution is -2.24. The summed E-state index contributed by atoms with van der Waals surface area (Å²) in [6.07, 6.45) is 0. The highest BCUT2D eigenvalue weighted by molar-refractivity contribution is 6.32. The van der Waals surface area contributed by atoms with E-state index in [1.54, 1.807) is 7.11 Å². The minimum absolute atomic E-state index is 0.115. The molecule has 2 rings (SSSR count). The minimum Gasteiger partial charge on any atom is -0.495 e. The van der Waals surface area contributed by atoms with Crippen molar-refractivity contribution in [1.29, 1.82) is 0 Å². The van der Waals surface area contributed by atoms with E-state index in [-0.39, 0.29) is 5.54 Å². The molecular formula is C15H20ClN3O. The maximum absolute atomic E-state index is 6.27. The van der Waals surface area contributed by atoms with Crippen LogP contribution in [0.25, 0.3) is 11.3 Å². The van der Waals surface area contributed by atoms with Crippen molar-refractivity contribution in [3.8, 4) is 17.0 Å². The SMILES string of the molecule is COc1ccc(-c2nc(C)n(C(C)(C)C)c2N)cc1Cl. The number of halogens is 1.